The molecule has 0 aromatic carbocycles. The quantitative estimate of drug-likeness (QED) is 0.766. The average Bonchev–Trinajstić information content (AvgIpc) is 3.03. The number of hydrogen-bond donors (Lipinski definition) is 0. The van der Waals surface area contributed by atoms with E-state index in [0.717, 1.165) is 44.2 Å². The van der Waals surface area contributed by atoms with Gasteiger partial charge in [0.25, 0.3) is 0 Å². The molecule has 0 bridgehead atoms. The molecule has 1 aromatic heterocycles. The Balaban J connectivity index is 1.86. The lowest BCUT2D eigenvalue weighted by atomic mass is 10.3. The fourth-order valence-corrected chi connectivity index (χ4v) is 2.95. The molecule has 1 fully saturated rings. The Bertz CT molecular complexity index is 443. The molecule has 3 nitrogen and oxygen atoms in total. The summed E-state index contributed by atoms with van der Waals surface area (Å²) in [5.41, 5.74) is 2.37. The van der Waals surface area contributed by atoms with Crippen molar-refractivity contribution in [3.05, 3.63) is 16.4 Å². The van der Waals surface area contributed by atoms with Crippen molar-refractivity contribution in [1.29, 1.82) is 0 Å². The van der Waals surface area contributed by atoms with Gasteiger partial charge >= 0.3 is 0 Å². The van der Waals surface area contributed by atoms with Crippen LogP contribution >= 0.6 is 11.6 Å². The van der Waals surface area contributed by atoms with E-state index in [4.69, 9.17) is 16.6 Å². The van der Waals surface area contributed by atoms with Gasteiger partial charge in [-0.1, -0.05) is 18.5 Å². The second-order valence-corrected chi connectivity index (χ2v) is 5.84. The third-order valence-corrected chi connectivity index (χ3v) is 4.14. The Morgan fingerprint density at radius 2 is 2.11 bits per heavy atom. The third kappa shape index (κ3) is 2.46. The summed E-state index contributed by atoms with van der Waals surface area (Å²) in [6.07, 6.45) is 7.13. The van der Waals surface area contributed by atoms with Crippen molar-refractivity contribution in [2.75, 3.05) is 18.0 Å². The lowest BCUT2D eigenvalue weighted by Crippen LogP contribution is -2.28. The van der Waals surface area contributed by atoms with Crippen molar-refractivity contribution < 1.29 is 0 Å². The SMILES string of the molecule is CCCN(CC1CC1)c1nc(Cl)c2c(n1)CCC2. The van der Waals surface area contributed by atoms with E-state index in [1.165, 1.54) is 30.5 Å². The monoisotopic (exact) mass is 265 g/mol. The molecule has 0 radical (unpaired) electrons. The van der Waals surface area contributed by atoms with Gasteiger partial charge in [0.1, 0.15) is 5.15 Å². The summed E-state index contributed by atoms with van der Waals surface area (Å²) in [5, 5.41) is 0.685. The molecule has 1 saturated carbocycles. The van der Waals surface area contributed by atoms with Gasteiger partial charge in [-0.25, -0.2) is 9.97 Å². The zero-order valence-electron chi connectivity index (χ0n) is 11.0. The highest BCUT2D eigenvalue weighted by atomic mass is 35.5. The van der Waals surface area contributed by atoms with Gasteiger partial charge in [0.2, 0.25) is 5.95 Å². The van der Waals surface area contributed by atoms with Gasteiger partial charge in [0.15, 0.2) is 0 Å². The molecule has 0 spiro atoms. The minimum Gasteiger partial charge on any atom is -0.341 e. The number of fused-ring (bicyclic) bond motifs is 1. The standard InChI is InChI=1S/C14H20ClN3/c1-2-8-18(9-10-6-7-10)14-16-12-5-3-4-11(12)13(15)17-14/h10H,2-9H2,1H3. The largest absolute Gasteiger partial charge is 0.341 e. The summed E-state index contributed by atoms with van der Waals surface area (Å²) >= 11 is 6.29. The Morgan fingerprint density at radius 1 is 1.28 bits per heavy atom. The number of halogens is 1. The molecule has 0 N–H and O–H groups in total. The zero-order valence-corrected chi connectivity index (χ0v) is 11.7. The smallest absolute Gasteiger partial charge is 0.227 e. The maximum Gasteiger partial charge on any atom is 0.227 e. The van der Waals surface area contributed by atoms with Crippen LogP contribution in [0.4, 0.5) is 5.95 Å². The highest BCUT2D eigenvalue weighted by Gasteiger charge is 2.26. The molecule has 4 heteroatoms. The number of aromatic nitrogens is 2. The summed E-state index contributed by atoms with van der Waals surface area (Å²) in [4.78, 5) is 11.6. The first-order valence-corrected chi connectivity index (χ1v) is 7.46. The summed E-state index contributed by atoms with van der Waals surface area (Å²) in [6.45, 7) is 4.34. The molecule has 0 aliphatic heterocycles. The van der Waals surface area contributed by atoms with E-state index in [1.54, 1.807) is 0 Å². The summed E-state index contributed by atoms with van der Waals surface area (Å²) in [7, 11) is 0. The molecule has 98 valence electrons. The van der Waals surface area contributed by atoms with Gasteiger partial charge in [0.05, 0.1) is 5.69 Å². The third-order valence-electron chi connectivity index (χ3n) is 3.82. The second-order valence-electron chi connectivity index (χ2n) is 5.48. The Morgan fingerprint density at radius 3 is 2.83 bits per heavy atom. The van der Waals surface area contributed by atoms with E-state index >= 15 is 0 Å². The first kappa shape index (κ1) is 12.2. The molecule has 0 amide bonds. The van der Waals surface area contributed by atoms with Crippen molar-refractivity contribution in [3.63, 3.8) is 0 Å². The summed E-state index contributed by atoms with van der Waals surface area (Å²) in [6, 6.07) is 0. The van der Waals surface area contributed by atoms with Gasteiger partial charge in [0, 0.05) is 18.7 Å². The van der Waals surface area contributed by atoms with Crippen LogP contribution in [0.2, 0.25) is 5.15 Å². The van der Waals surface area contributed by atoms with Gasteiger partial charge in [-0.15, -0.1) is 0 Å². The molecule has 18 heavy (non-hydrogen) atoms. The summed E-state index contributed by atoms with van der Waals surface area (Å²) < 4.78 is 0. The number of aryl methyl sites for hydroxylation is 1. The van der Waals surface area contributed by atoms with Crippen LogP contribution in [0.3, 0.4) is 0 Å². The van der Waals surface area contributed by atoms with Crippen molar-refractivity contribution in [2.24, 2.45) is 5.92 Å². The topological polar surface area (TPSA) is 29.0 Å². The molecular formula is C14H20ClN3. The Hall–Kier alpha value is -0.830. The van der Waals surface area contributed by atoms with Gasteiger partial charge < -0.3 is 4.90 Å². The highest BCUT2D eigenvalue weighted by Crippen LogP contribution is 2.32. The highest BCUT2D eigenvalue weighted by molar-refractivity contribution is 6.30. The predicted molar refractivity (Wildman–Crippen MR) is 74.3 cm³/mol. The van der Waals surface area contributed by atoms with Crippen molar-refractivity contribution in [3.8, 4) is 0 Å². The van der Waals surface area contributed by atoms with E-state index in [9.17, 15) is 0 Å². The van der Waals surface area contributed by atoms with E-state index in [-0.39, 0.29) is 0 Å². The molecule has 0 saturated heterocycles. The number of hydrogen-bond acceptors (Lipinski definition) is 3. The lowest BCUT2D eigenvalue weighted by Gasteiger charge is -2.22. The molecule has 3 rings (SSSR count). The Kier molecular flexibility index (Phi) is 3.42. The van der Waals surface area contributed by atoms with Crippen molar-refractivity contribution in [2.45, 2.75) is 45.4 Å². The van der Waals surface area contributed by atoms with Crippen LogP contribution in [0.5, 0.6) is 0 Å². The first-order valence-electron chi connectivity index (χ1n) is 7.08. The van der Waals surface area contributed by atoms with Gasteiger partial charge in [-0.2, -0.15) is 0 Å². The maximum atomic E-state index is 6.29. The van der Waals surface area contributed by atoms with Crippen molar-refractivity contribution >= 4 is 17.5 Å². The molecular weight excluding hydrogens is 246 g/mol. The second kappa shape index (κ2) is 5.04. The number of nitrogens with zero attached hydrogens (tertiary/aromatic N) is 3. The fourth-order valence-electron chi connectivity index (χ4n) is 2.67. The molecule has 0 atom stereocenters. The van der Waals surface area contributed by atoms with E-state index in [2.05, 4.69) is 16.8 Å². The van der Waals surface area contributed by atoms with Crippen LogP contribution in [0.15, 0.2) is 0 Å². The van der Waals surface area contributed by atoms with Crippen molar-refractivity contribution in [1.82, 2.24) is 9.97 Å². The van der Waals surface area contributed by atoms with Gasteiger partial charge in [-0.3, -0.25) is 0 Å². The van der Waals surface area contributed by atoms with Crippen LogP contribution in [0.1, 0.15) is 43.9 Å². The van der Waals surface area contributed by atoms with Crippen LogP contribution in [-0.4, -0.2) is 23.1 Å². The average molecular weight is 266 g/mol. The van der Waals surface area contributed by atoms with Crippen LogP contribution < -0.4 is 4.90 Å². The minimum atomic E-state index is 0.685. The van der Waals surface area contributed by atoms with E-state index < -0.39 is 0 Å². The molecule has 0 unspecified atom stereocenters. The predicted octanol–water partition coefficient (Wildman–Crippen LogP) is 3.25. The molecule has 1 heterocycles. The molecule has 2 aliphatic rings. The lowest BCUT2D eigenvalue weighted by molar-refractivity contribution is 0.686. The van der Waals surface area contributed by atoms with E-state index in [0.29, 0.717) is 5.15 Å². The fraction of sp³-hybridized carbons (Fsp3) is 0.714. The molecule has 2 aliphatic carbocycles. The molecule has 1 aromatic rings. The van der Waals surface area contributed by atoms with Gasteiger partial charge in [-0.05, 0) is 44.4 Å². The number of rotatable bonds is 5. The summed E-state index contributed by atoms with van der Waals surface area (Å²) in [5.74, 6) is 1.71. The van der Waals surface area contributed by atoms with Crippen LogP contribution in [0.25, 0.3) is 0 Å². The van der Waals surface area contributed by atoms with E-state index in [1.807, 2.05) is 0 Å². The zero-order chi connectivity index (χ0) is 12.5. The minimum absolute atomic E-state index is 0.685. The normalized spacial score (nSPS) is 17.9. The Labute approximate surface area is 114 Å². The number of anilines is 1. The van der Waals surface area contributed by atoms with Crippen LogP contribution in [-0.2, 0) is 12.8 Å². The maximum absolute atomic E-state index is 6.29. The van der Waals surface area contributed by atoms with Crippen LogP contribution in [0, 0.1) is 5.92 Å². The first-order chi connectivity index (χ1) is 8.78.